The smallest absolute Gasteiger partial charge is 0.0650 e. The Morgan fingerprint density at radius 2 is 0.686 bits per heavy atom. The molecule has 0 bridgehead atoms. The Morgan fingerprint density at radius 1 is 0.412 bits per heavy atom. The van der Waals surface area contributed by atoms with Crippen molar-refractivity contribution < 1.29 is 29.5 Å². The molecule has 1 heterocycles. The Balaban J connectivity index is 1.43. The molecule has 4 aliphatic rings. The van der Waals surface area contributed by atoms with Crippen molar-refractivity contribution in [2.24, 2.45) is 35.5 Å². The highest BCUT2D eigenvalue weighted by molar-refractivity contribution is 5.02. The van der Waals surface area contributed by atoms with Crippen molar-refractivity contribution in [3.05, 3.63) is 0 Å². The van der Waals surface area contributed by atoms with Gasteiger partial charge >= 0.3 is 0 Å². The average Bonchev–Trinajstić information content (AvgIpc) is 3.13. The summed E-state index contributed by atoms with van der Waals surface area (Å²) in [6.45, 7) is 15.4. The van der Waals surface area contributed by atoms with Gasteiger partial charge in [0.1, 0.15) is 0 Å². The van der Waals surface area contributed by atoms with Crippen LogP contribution in [0.3, 0.4) is 0 Å². The van der Waals surface area contributed by atoms with Crippen LogP contribution in [0.1, 0.15) is 157 Å². The number of aliphatic hydroxyl groups excluding tert-OH is 3. The average molecular weight is 724 g/mol. The fourth-order valence-corrected chi connectivity index (χ4v) is 9.75. The first-order chi connectivity index (χ1) is 24.7. The largest absolute Gasteiger partial charge is 0.392 e. The van der Waals surface area contributed by atoms with Gasteiger partial charge in [0.05, 0.1) is 55.1 Å². The lowest BCUT2D eigenvalue weighted by Gasteiger charge is -2.53. The molecule has 0 radical (unpaired) electrons. The topological polar surface area (TPSA) is 124 Å². The Labute approximate surface area is 312 Å². The second kappa shape index (κ2) is 22.9. The standard InChI is InChI=1S/C42H81N3O6/c1-7-10-13-16-25-49-34-22-19-31(37(46)28(34)4)40-43-41(32-20-23-35(29(5)38(32)47)50-26-17-14-11-8-2)45-42(44-40)33-21-24-36(30(6)39(33)48)51-27-18-15-12-9-3/h28-48H,7-27H2,1-6H3. The number of hydrogen-bond donors (Lipinski definition) is 6. The monoisotopic (exact) mass is 724 g/mol. The Bertz CT molecular complexity index is 811. The highest BCUT2D eigenvalue weighted by Crippen LogP contribution is 2.39. The second-order valence-electron chi connectivity index (χ2n) is 17.1. The van der Waals surface area contributed by atoms with Crippen LogP contribution < -0.4 is 16.0 Å². The van der Waals surface area contributed by atoms with Gasteiger partial charge in [0.25, 0.3) is 0 Å². The Kier molecular flexibility index (Phi) is 19.5. The van der Waals surface area contributed by atoms with Crippen LogP contribution in [0.15, 0.2) is 0 Å². The maximum Gasteiger partial charge on any atom is 0.0650 e. The zero-order chi connectivity index (χ0) is 36.8. The zero-order valence-electron chi connectivity index (χ0n) is 33.6. The van der Waals surface area contributed by atoms with Crippen molar-refractivity contribution in [3.63, 3.8) is 0 Å². The molecule has 3 saturated carbocycles. The first-order valence-corrected chi connectivity index (χ1v) is 21.9. The lowest BCUT2D eigenvalue weighted by Crippen LogP contribution is -2.76. The molecule has 12 unspecified atom stereocenters. The van der Waals surface area contributed by atoms with Gasteiger partial charge in [-0.05, 0) is 57.8 Å². The van der Waals surface area contributed by atoms with Gasteiger partial charge in [-0.1, -0.05) is 99.3 Å². The van der Waals surface area contributed by atoms with Gasteiger partial charge in [0.15, 0.2) is 0 Å². The molecule has 51 heavy (non-hydrogen) atoms. The third-order valence-corrected chi connectivity index (χ3v) is 13.4. The molecular weight excluding hydrogens is 642 g/mol. The van der Waals surface area contributed by atoms with Crippen molar-refractivity contribution in [1.82, 2.24) is 16.0 Å². The van der Waals surface area contributed by atoms with E-state index in [0.29, 0.717) is 0 Å². The fraction of sp³-hybridized carbons (Fsp3) is 1.00. The van der Waals surface area contributed by atoms with E-state index in [1.54, 1.807) is 0 Å². The molecule has 4 fully saturated rings. The van der Waals surface area contributed by atoms with E-state index < -0.39 is 18.3 Å². The highest BCUT2D eigenvalue weighted by Gasteiger charge is 2.49. The van der Waals surface area contributed by atoms with Gasteiger partial charge in [-0.25, -0.2) is 0 Å². The van der Waals surface area contributed by atoms with Crippen molar-refractivity contribution in [1.29, 1.82) is 0 Å². The number of unbranched alkanes of at least 4 members (excludes halogenated alkanes) is 9. The quantitative estimate of drug-likeness (QED) is 0.0705. The van der Waals surface area contributed by atoms with Crippen LogP contribution >= 0.6 is 0 Å². The van der Waals surface area contributed by atoms with Gasteiger partial charge < -0.3 is 29.5 Å². The van der Waals surface area contributed by atoms with E-state index in [4.69, 9.17) is 14.2 Å². The molecule has 3 aliphatic carbocycles. The SMILES string of the molecule is CCCCCCOC1CCC(C2NC(C3CCC(OCCCCCC)C(C)C3O)NC(C3CCC(OCCCCCC)C(C)C3O)N2)C(O)C1C. The van der Waals surface area contributed by atoms with Gasteiger partial charge in [-0.3, -0.25) is 16.0 Å². The molecule has 0 spiro atoms. The van der Waals surface area contributed by atoms with Crippen molar-refractivity contribution in [2.75, 3.05) is 19.8 Å². The van der Waals surface area contributed by atoms with E-state index in [1.807, 2.05) is 0 Å². The Morgan fingerprint density at radius 3 is 0.941 bits per heavy atom. The minimum absolute atomic E-state index is 0.00163. The van der Waals surface area contributed by atoms with Crippen LogP contribution in [-0.2, 0) is 14.2 Å². The molecule has 300 valence electrons. The molecule has 6 N–H and O–H groups in total. The first kappa shape index (κ1) is 43.4. The van der Waals surface area contributed by atoms with E-state index in [1.165, 1.54) is 57.8 Å². The van der Waals surface area contributed by atoms with Crippen LogP contribution in [0.2, 0.25) is 0 Å². The number of aliphatic hydroxyl groups is 3. The number of hydrogen-bond acceptors (Lipinski definition) is 9. The summed E-state index contributed by atoms with van der Waals surface area (Å²) in [5.74, 6) is 0.120. The number of ether oxygens (including phenoxy) is 3. The summed E-state index contributed by atoms with van der Waals surface area (Å²) in [6, 6.07) is 0. The zero-order valence-corrected chi connectivity index (χ0v) is 33.6. The third kappa shape index (κ3) is 12.3. The Hall–Kier alpha value is -0.360. The van der Waals surface area contributed by atoms with E-state index in [0.717, 1.165) is 77.6 Å². The van der Waals surface area contributed by atoms with Crippen LogP contribution in [0.25, 0.3) is 0 Å². The summed E-state index contributed by atoms with van der Waals surface area (Å²) in [6.07, 6.45) is 17.9. The predicted molar refractivity (Wildman–Crippen MR) is 206 cm³/mol. The summed E-state index contributed by atoms with van der Waals surface area (Å²) in [5, 5.41) is 47.1. The van der Waals surface area contributed by atoms with Crippen molar-refractivity contribution in [2.45, 2.75) is 212 Å². The summed E-state index contributed by atoms with van der Waals surface area (Å²) in [7, 11) is 0. The van der Waals surface area contributed by atoms with E-state index in [9.17, 15) is 15.3 Å². The minimum Gasteiger partial charge on any atom is -0.392 e. The maximum absolute atomic E-state index is 11.8. The lowest BCUT2D eigenvalue weighted by molar-refractivity contribution is -0.125. The second-order valence-corrected chi connectivity index (χ2v) is 17.1. The van der Waals surface area contributed by atoms with Crippen LogP contribution in [-0.4, -0.2) is 90.3 Å². The van der Waals surface area contributed by atoms with Gasteiger partial charge in [0.2, 0.25) is 0 Å². The van der Waals surface area contributed by atoms with E-state index >= 15 is 0 Å². The minimum atomic E-state index is -0.509. The van der Waals surface area contributed by atoms with Crippen LogP contribution in [0.5, 0.6) is 0 Å². The molecule has 9 heteroatoms. The van der Waals surface area contributed by atoms with Gasteiger partial charge in [0, 0.05) is 55.3 Å². The van der Waals surface area contributed by atoms with Crippen LogP contribution in [0, 0.1) is 35.5 Å². The van der Waals surface area contributed by atoms with Crippen LogP contribution in [0.4, 0.5) is 0 Å². The normalized spacial score (nSPS) is 40.8. The van der Waals surface area contributed by atoms with Crippen molar-refractivity contribution in [3.8, 4) is 0 Å². The summed E-state index contributed by atoms with van der Waals surface area (Å²) >= 11 is 0. The molecule has 0 aromatic carbocycles. The molecule has 1 aliphatic heterocycles. The van der Waals surface area contributed by atoms with Gasteiger partial charge in [-0.15, -0.1) is 0 Å². The predicted octanol–water partition coefficient (Wildman–Crippen LogP) is 6.86. The molecule has 4 rings (SSSR count). The lowest BCUT2D eigenvalue weighted by atomic mass is 9.72. The van der Waals surface area contributed by atoms with E-state index in [-0.39, 0.29) is 72.3 Å². The molecule has 0 aromatic rings. The number of nitrogens with one attached hydrogen (secondary N) is 3. The summed E-state index contributed by atoms with van der Waals surface area (Å²) < 4.78 is 19.0. The molecular formula is C42H81N3O6. The molecule has 12 atom stereocenters. The van der Waals surface area contributed by atoms with Gasteiger partial charge in [-0.2, -0.15) is 0 Å². The summed E-state index contributed by atoms with van der Waals surface area (Å²) in [5.41, 5.74) is 0. The van der Waals surface area contributed by atoms with E-state index in [2.05, 4.69) is 57.5 Å². The molecule has 1 saturated heterocycles. The van der Waals surface area contributed by atoms with Crippen molar-refractivity contribution >= 4 is 0 Å². The molecule has 0 amide bonds. The maximum atomic E-state index is 11.8. The summed E-state index contributed by atoms with van der Waals surface area (Å²) in [4.78, 5) is 0. The first-order valence-electron chi connectivity index (χ1n) is 21.9. The highest BCUT2D eigenvalue weighted by atomic mass is 16.5. The molecule has 0 aromatic heterocycles. The fourth-order valence-electron chi connectivity index (χ4n) is 9.75. The third-order valence-electron chi connectivity index (χ3n) is 13.4. The molecule has 9 nitrogen and oxygen atoms in total. The number of rotatable bonds is 21.